The van der Waals surface area contributed by atoms with E-state index in [0.29, 0.717) is 39.8 Å². The number of nitrogens with zero attached hydrogens (tertiary/aromatic N) is 1. The van der Waals surface area contributed by atoms with Crippen LogP contribution in [0.2, 0.25) is 0 Å². The van der Waals surface area contributed by atoms with E-state index < -0.39 is 5.92 Å². The summed E-state index contributed by atoms with van der Waals surface area (Å²) >= 11 is 1.48. The molecule has 2 aliphatic rings. The van der Waals surface area contributed by atoms with Gasteiger partial charge >= 0.3 is 0 Å². The number of aromatic nitrogens is 2. The van der Waals surface area contributed by atoms with E-state index in [1.807, 2.05) is 13.8 Å². The first-order valence-electron chi connectivity index (χ1n) is 9.60. The number of thioether (sulfide) groups is 1. The average molecular weight is 413 g/mol. The molecule has 1 aromatic carbocycles. The first-order valence-corrected chi connectivity index (χ1v) is 10.5. The van der Waals surface area contributed by atoms with Crippen molar-refractivity contribution >= 4 is 23.4 Å². The van der Waals surface area contributed by atoms with Crippen LogP contribution in [-0.2, 0) is 4.79 Å². The number of methoxy groups -OCH3 is 1. The van der Waals surface area contributed by atoms with E-state index in [0.717, 1.165) is 18.5 Å². The summed E-state index contributed by atoms with van der Waals surface area (Å²) in [5, 5.41) is 14.1. The number of anilines is 1. The Labute approximate surface area is 172 Å². The third kappa shape index (κ3) is 3.53. The zero-order valence-electron chi connectivity index (χ0n) is 16.5. The van der Waals surface area contributed by atoms with E-state index in [1.165, 1.54) is 24.9 Å². The van der Waals surface area contributed by atoms with E-state index in [9.17, 15) is 14.7 Å². The maximum Gasteiger partial charge on any atom is 0.257 e. The fourth-order valence-electron chi connectivity index (χ4n) is 3.93. The zero-order valence-corrected chi connectivity index (χ0v) is 17.4. The van der Waals surface area contributed by atoms with Gasteiger partial charge in [-0.2, -0.15) is 0 Å². The van der Waals surface area contributed by atoms with Gasteiger partial charge in [-0.05, 0) is 30.5 Å². The van der Waals surface area contributed by atoms with Crippen molar-refractivity contribution < 1.29 is 14.6 Å². The Kier molecular flexibility index (Phi) is 5.12. The molecule has 0 saturated carbocycles. The molecule has 8 heteroatoms. The molecule has 0 amide bonds. The molecule has 0 spiro atoms. The SMILES string of the molecule is COc1cc(C2C3=C(CCCC3=O)Nc3nc(SC(C)C)[nH]c(=O)c32)ccc1O. The first kappa shape index (κ1) is 19.6. The van der Waals surface area contributed by atoms with Crippen LogP contribution >= 0.6 is 11.8 Å². The lowest BCUT2D eigenvalue weighted by Crippen LogP contribution is -2.32. The summed E-state index contributed by atoms with van der Waals surface area (Å²) in [6, 6.07) is 4.92. The number of aromatic hydroxyl groups is 1. The molecule has 152 valence electrons. The van der Waals surface area contributed by atoms with Crippen molar-refractivity contribution in [1.29, 1.82) is 0 Å². The third-order valence-electron chi connectivity index (χ3n) is 5.12. The molecule has 2 aromatic rings. The van der Waals surface area contributed by atoms with Crippen molar-refractivity contribution in [2.24, 2.45) is 0 Å². The number of carbonyl (C=O) groups is 1. The molecular weight excluding hydrogens is 390 g/mol. The number of ketones is 1. The van der Waals surface area contributed by atoms with Crippen LogP contribution in [0.5, 0.6) is 11.5 Å². The van der Waals surface area contributed by atoms with Crippen molar-refractivity contribution in [3.05, 3.63) is 50.9 Å². The summed E-state index contributed by atoms with van der Waals surface area (Å²) in [6.45, 7) is 4.06. The highest BCUT2D eigenvalue weighted by atomic mass is 32.2. The van der Waals surface area contributed by atoms with Crippen LogP contribution in [0.1, 0.15) is 50.2 Å². The van der Waals surface area contributed by atoms with Crippen molar-refractivity contribution in [3.63, 3.8) is 0 Å². The van der Waals surface area contributed by atoms with Crippen LogP contribution in [0.25, 0.3) is 0 Å². The first-order chi connectivity index (χ1) is 13.9. The lowest BCUT2D eigenvalue weighted by Gasteiger charge is -2.33. The number of fused-ring (bicyclic) bond motifs is 1. The molecule has 2 heterocycles. The summed E-state index contributed by atoms with van der Waals surface area (Å²) in [5.74, 6) is 0.261. The Balaban J connectivity index is 1.93. The van der Waals surface area contributed by atoms with Crippen LogP contribution < -0.4 is 15.6 Å². The molecule has 29 heavy (non-hydrogen) atoms. The number of Topliss-reactive ketones (excluding diaryl/α,β-unsaturated/α-hetero) is 1. The molecule has 1 aromatic heterocycles. The predicted octanol–water partition coefficient (Wildman–Crippen LogP) is 3.55. The van der Waals surface area contributed by atoms with E-state index in [4.69, 9.17) is 4.74 Å². The highest BCUT2D eigenvalue weighted by Gasteiger charge is 2.38. The normalized spacial score (nSPS) is 18.3. The minimum Gasteiger partial charge on any atom is -0.504 e. The second-order valence-electron chi connectivity index (χ2n) is 7.46. The molecule has 1 aliphatic carbocycles. The number of allylic oxidation sites excluding steroid dienone is 2. The maximum absolute atomic E-state index is 13.1. The van der Waals surface area contributed by atoms with Gasteiger partial charge in [0.2, 0.25) is 0 Å². The molecule has 0 saturated heterocycles. The molecule has 7 nitrogen and oxygen atoms in total. The Bertz CT molecular complexity index is 1070. The molecular formula is C21H23N3O4S. The number of nitrogens with one attached hydrogen (secondary N) is 2. The number of rotatable bonds is 4. The van der Waals surface area contributed by atoms with Crippen molar-refractivity contribution in [2.45, 2.75) is 49.4 Å². The quantitative estimate of drug-likeness (QED) is 0.520. The number of phenolic OH excluding ortho intramolecular Hbond substituents is 1. The van der Waals surface area contributed by atoms with Crippen LogP contribution in [0, 0.1) is 0 Å². The standard InChI is InChI=1S/C21H23N3O4S/c1-10(2)29-21-23-19-18(20(27)24-21)16(11-7-8-13(25)15(9-11)28-3)17-12(22-19)5-4-6-14(17)26/h7-10,16,25H,4-6H2,1-3H3,(H2,22,23,24,27). The fraction of sp³-hybridized carbons (Fsp3) is 0.381. The number of hydrogen-bond donors (Lipinski definition) is 3. The van der Waals surface area contributed by atoms with E-state index >= 15 is 0 Å². The minimum absolute atomic E-state index is 0.00491. The van der Waals surface area contributed by atoms with Gasteiger partial charge in [0.05, 0.1) is 12.7 Å². The topological polar surface area (TPSA) is 104 Å². The zero-order chi connectivity index (χ0) is 20.7. The van der Waals surface area contributed by atoms with Crippen LogP contribution in [0.4, 0.5) is 5.82 Å². The molecule has 0 radical (unpaired) electrons. The largest absolute Gasteiger partial charge is 0.504 e. The fourth-order valence-corrected chi connectivity index (χ4v) is 4.67. The molecule has 3 N–H and O–H groups in total. The minimum atomic E-state index is -0.558. The van der Waals surface area contributed by atoms with Gasteiger partial charge in [0.1, 0.15) is 5.82 Å². The monoisotopic (exact) mass is 413 g/mol. The van der Waals surface area contributed by atoms with Gasteiger partial charge in [0, 0.05) is 28.9 Å². The number of benzene rings is 1. The summed E-state index contributed by atoms with van der Waals surface area (Å²) in [7, 11) is 1.47. The Morgan fingerprint density at radius 3 is 2.79 bits per heavy atom. The molecule has 1 aliphatic heterocycles. The van der Waals surface area contributed by atoms with Gasteiger partial charge in [-0.25, -0.2) is 4.98 Å². The predicted molar refractivity (Wildman–Crippen MR) is 112 cm³/mol. The van der Waals surface area contributed by atoms with Crippen molar-refractivity contribution in [3.8, 4) is 11.5 Å². The van der Waals surface area contributed by atoms with Gasteiger partial charge in [-0.15, -0.1) is 0 Å². The number of ether oxygens (including phenoxy) is 1. The maximum atomic E-state index is 13.1. The number of carbonyl (C=O) groups excluding carboxylic acids is 1. The Hall–Kier alpha value is -2.74. The Morgan fingerprint density at radius 1 is 1.28 bits per heavy atom. The Morgan fingerprint density at radius 2 is 2.07 bits per heavy atom. The van der Waals surface area contributed by atoms with Crippen LogP contribution in [0.3, 0.4) is 0 Å². The number of aromatic amines is 1. The molecule has 0 bridgehead atoms. The summed E-state index contributed by atoms with van der Waals surface area (Å²) < 4.78 is 5.25. The molecule has 4 rings (SSSR count). The second kappa shape index (κ2) is 7.59. The van der Waals surface area contributed by atoms with Gasteiger partial charge in [0.25, 0.3) is 5.56 Å². The van der Waals surface area contributed by atoms with Gasteiger partial charge in [-0.1, -0.05) is 31.7 Å². The van der Waals surface area contributed by atoms with E-state index in [2.05, 4.69) is 15.3 Å². The highest BCUT2D eigenvalue weighted by Crippen LogP contribution is 2.45. The van der Waals surface area contributed by atoms with Crippen LogP contribution in [-0.4, -0.2) is 33.2 Å². The van der Waals surface area contributed by atoms with Crippen molar-refractivity contribution in [2.75, 3.05) is 12.4 Å². The highest BCUT2D eigenvalue weighted by molar-refractivity contribution is 7.99. The summed E-state index contributed by atoms with van der Waals surface area (Å²) in [4.78, 5) is 33.4. The molecule has 1 unspecified atom stereocenters. The summed E-state index contributed by atoms with van der Waals surface area (Å²) in [5.41, 5.74) is 2.28. The van der Waals surface area contributed by atoms with Crippen LogP contribution in [0.15, 0.2) is 39.4 Å². The second-order valence-corrected chi connectivity index (χ2v) is 9.02. The number of H-pyrrole nitrogens is 1. The van der Waals surface area contributed by atoms with E-state index in [1.54, 1.807) is 12.1 Å². The van der Waals surface area contributed by atoms with Gasteiger partial charge in [-0.3, -0.25) is 9.59 Å². The third-order valence-corrected chi connectivity index (χ3v) is 6.01. The van der Waals surface area contributed by atoms with E-state index in [-0.39, 0.29) is 22.3 Å². The molecule has 0 fully saturated rings. The lowest BCUT2D eigenvalue weighted by molar-refractivity contribution is -0.116. The van der Waals surface area contributed by atoms with Gasteiger partial charge < -0.3 is 20.1 Å². The smallest absolute Gasteiger partial charge is 0.257 e. The van der Waals surface area contributed by atoms with Crippen molar-refractivity contribution in [1.82, 2.24) is 9.97 Å². The summed E-state index contributed by atoms with van der Waals surface area (Å²) in [6.07, 6.45) is 1.95. The number of hydrogen-bond acceptors (Lipinski definition) is 7. The van der Waals surface area contributed by atoms with Gasteiger partial charge in [0.15, 0.2) is 22.4 Å². The molecule has 1 atom stereocenters. The lowest BCUT2D eigenvalue weighted by atomic mass is 9.76. The average Bonchev–Trinajstić information content (AvgIpc) is 2.66. The number of phenols is 1.